The summed E-state index contributed by atoms with van der Waals surface area (Å²) in [7, 11) is 0. The van der Waals surface area contributed by atoms with Crippen molar-refractivity contribution in [2.45, 2.75) is 11.8 Å². The zero-order valence-electron chi connectivity index (χ0n) is 6.81. The molecule has 0 fully saturated rings. The molecule has 0 atom stereocenters. The van der Waals surface area contributed by atoms with Crippen LogP contribution in [-0.4, -0.2) is 11.3 Å². The standard InChI is InChI=1S/C8H5BrClF2NO/c9-2-5-4(3-14)1-6(10)13-7(5)8(11)12/h1,3,8H,2H2. The van der Waals surface area contributed by atoms with Crippen molar-refractivity contribution >= 4 is 33.8 Å². The van der Waals surface area contributed by atoms with Crippen molar-refractivity contribution in [1.29, 1.82) is 0 Å². The Morgan fingerprint density at radius 3 is 2.71 bits per heavy atom. The average Bonchev–Trinajstić information content (AvgIpc) is 2.16. The van der Waals surface area contributed by atoms with E-state index >= 15 is 0 Å². The number of aldehydes is 1. The smallest absolute Gasteiger partial charge is 0.280 e. The lowest BCUT2D eigenvalue weighted by Gasteiger charge is -2.08. The largest absolute Gasteiger partial charge is 0.298 e. The highest BCUT2D eigenvalue weighted by Gasteiger charge is 2.18. The lowest BCUT2D eigenvalue weighted by Crippen LogP contribution is -2.01. The highest BCUT2D eigenvalue weighted by atomic mass is 79.9. The normalized spacial score (nSPS) is 10.6. The summed E-state index contributed by atoms with van der Waals surface area (Å²) in [5, 5.41) is 0.0392. The minimum absolute atomic E-state index is 0.105. The van der Waals surface area contributed by atoms with Gasteiger partial charge in [0.15, 0.2) is 6.29 Å². The quantitative estimate of drug-likeness (QED) is 0.484. The van der Waals surface area contributed by atoms with Crippen LogP contribution < -0.4 is 0 Å². The molecule has 1 rings (SSSR count). The number of carbonyl (C=O) groups is 1. The molecular formula is C8H5BrClF2NO. The molecule has 0 aliphatic rings. The van der Waals surface area contributed by atoms with E-state index in [4.69, 9.17) is 11.6 Å². The lowest BCUT2D eigenvalue weighted by atomic mass is 10.1. The van der Waals surface area contributed by atoms with Gasteiger partial charge in [-0.15, -0.1) is 0 Å². The molecule has 0 aliphatic carbocycles. The molecule has 14 heavy (non-hydrogen) atoms. The molecular weight excluding hydrogens is 279 g/mol. The van der Waals surface area contributed by atoms with E-state index in [-0.39, 0.29) is 21.6 Å². The van der Waals surface area contributed by atoms with Gasteiger partial charge in [0, 0.05) is 16.5 Å². The predicted octanol–water partition coefficient (Wildman–Crippen LogP) is 3.38. The molecule has 1 heterocycles. The molecule has 0 saturated carbocycles. The maximum atomic E-state index is 12.5. The van der Waals surface area contributed by atoms with Gasteiger partial charge in [-0.05, 0) is 6.07 Å². The fourth-order valence-electron chi connectivity index (χ4n) is 1.01. The Morgan fingerprint density at radius 2 is 2.29 bits per heavy atom. The first-order valence-corrected chi connectivity index (χ1v) is 5.08. The van der Waals surface area contributed by atoms with Gasteiger partial charge in [-0.3, -0.25) is 4.79 Å². The van der Waals surface area contributed by atoms with Crippen LogP contribution in [0.2, 0.25) is 5.15 Å². The summed E-state index contributed by atoms with van der Waals surface area (Å²) in [6, 6.07) is 1.26. The van der Waals surface area contributed by atoms with Gasteiger partial charge in [-0.25, -0.2) is 13.8 Å². The second kappa shape index (κ2) is 4.79. The Hall–Kier alpha value is -0.550. The van der Waals surface area contributed by atoms with E-state index in [9.17, 15) is 13.6 Å². The number of aromatic nitrogens is 1. The predicted molar refractivity (Wildman–Crippen MR) is 52.2 cm³/mol. The number of carbonyl (C=O) groups excluding carboxylic acids is 1. The molecule has 2 nitrogen and oxygen atoms in total. The van der Waals surface area contributed by atoms with Gasteiger partial charge in [0.05, 0.1) is 0 Å². The summed E-state index contributed by atoms with van der Waals surface area (Å²) < 4.78 is 24.9. The molecule has 0 unspecified atom stereocenters. The summed E-state index contributed by atoms with van der Waals surface area (Å²) in [6.45, 7) is 0. The van der Waals surface area contributed by atoms with Crippen LogP contribution in [0, 0.1) is 0 Å². The molecule has 0 spiro atoms. The Labute approximate surface area is 92.4 Å². The van der Waals surface area contributed by atoms with E-state index in [0.717, 1.165) is 0 Å². The number of pyridine rings is 1. The van der Waals surface area contributed by atoms with Crippen LogP contribution in [0.15, 0.2) is 6.07 Å². The number of hydrogen-bond donors (Lipinski definition) is 0. The third-order valence-electron chi connectivity index (χ3n) is 1.63. The van der Waals surface area contributed by atoms with E-state index in [1.54, 1.807) is 0 Å². The number of hydrogen-bond acceptors (Lipinski definition) is 2. The van der Waals surface area contributed by atoms with Crippen LogP contribution in [0.25, 0.3) is 0 Å². The molecule has 1 aromatic heterocycles. The zero-order chi connectivity index (χ0) is 10.7. The van der Waals surface area contributed by atoms with Gasteiger partial charge in [0.1, 0.15) is 10.8 Å². The fourth-order valence-corrected chi connectivity index (χ4v) is 1.83. The van der Waals surface area contributed by atoms with Crippen LogP contribution in [0.1, 0.15) is 28.0 Å². The molecule has 0 amide bonds. The summed E-state index contributed by atoms with van der Waals surface area (Å²) in [5.41, 5.74) is -0.131. The zero-order valence-corrected chi connectivity index (χ0v) is 9.15. The SMILES string of the molecule is O=Cc1cc(Cl)nc(C(F)F)c1CBr. The highest BCUT2D eigenvalue weighted by molar-refractivity contribution is 9.08. The van der Waals surface area contributed by atoms with Crippen LogP contribution in [0.5, 0.6) is 0 Å². The van der Waals surface area contributed by atoms with E-state index in [1.165, 1.54) is 6.07 Å². The number of halogens is 4. The summed E-state index contributed by atoms with van der Waals surface area (Å²) in [4.78, 5) is 14.0. The second-order valence-electron chi connectivity index (χ2n) is 2.45. The van der Waals surface area contributed by atoms with E-state index in [0.29, 0.717) is 6.29 Å². The Morgan fingerprint density at radius 1 is 1.64 bits per heavy atom. The topological polar surface area (TPSA) is 30.0 Å². The van der Waals surface area contributed by atoms with E-state index in [2.05, 4.69) is 20.9 Å². The molecule has 0 saturated heterocycles. The van der Waals surface area contributed by atoms with Gasteiger partial charge in [-0.1, -0.05) is 27.5 Å². The van der Waals surface area contributed by atoms with Gasteiger partial charge in [0.25, 0.3) is 6.43 Å². The van der Waals surface area contributed by atoms with Crippen LogP contribution in [-0.2, 0) is 5.33 Å². The van der Waals surface area contributed by atoms with Gasteiger partial charge < -0.3 is 0 Å². The molecule has 0 bridgehead atoms. The minimum Gasteiger partial charge on any atom is -0.298 e. The van der Waals surface area contributed by atoms with Gasteiger partial charge >= 0.3 is 0 Å². The van der Waals surface area contributed by atoms with Crippen molar-refractivity contribution in [1.82, 2.24) is 4.98 Å². The first kappa shape index (κ1) is 11.5. The maximum Gasteiger partial charge on any atom is 0.280 e. The lowest BCUT2D eigenvalue weighted by molar-refractivity contribution is 0.112. The van der Waals surface area contributed by atoms with Crippen LogP contribution in [0.3, 0.4) is 0 Å². The Bertz CT molecular complexity index is 359. The van der Waals surface area contributed by atoms with Gasteiger partial charge in [-0.2, -0.15) is 0 Å². The minimum atomic E-state index is -2.74. The molecule has 76 valence electrons. The molecule has 6 heteroatoms. The van der Waals surface area contributed by atoms with Gasteiger partial charge in [0.2, 0.25) is 0 Å². The highest BCUT2D eigenvalue weighted by Crippen LogP contribution is 2.27. The third kappa shape index (κ3) is 2.27. The van der Waals surface area contributed by atoms with Crippen molar-refractivity contribution in [2.24, 2.45) is 0 Å². The molecule has 0 aliphatic heterocycles. The summed E-state index contributed by atoms with van der Waals surface area (Å²) >= 11 is 8.50. The molecule has 1 aromatic rings. The number of nitrogens with zero attached hydrogens (tertiary/aromatic N) is 1. The van der Waals surface area contributed by atoms with Crippen molar-refractivity contribution < 1.29 is 13.6 Å². The number of alkyl halides is 3. The Kier molecular flexibility index (Phi) is 3.95. The molecule has 0 radical (unpaired) electrons. The summed E-state index contributed by atoms with van der Waals surface area (Å²) in [6.07, 6.45) is -2.25. The van der Waals surface area contributed by atoms with E-state index < -0.39 is 12.1 Å². The van der Waals surface area contributed by atoms with Crippen LogP contribution in [0.4, 0.5) is 8.78 Å². The van der Waals surface area contributed by atoms with Crippen molar-refractivity contribution in [3.63, 3.8) is 0 Å². The molecule has 0 N–H and O–H groups in total. The first-order valence-electron chi connectivity index (χ1n) is 3.58. The molecule has 0 aromatic carbocycles. The average molecular weight is 284 g/mol. The van der Waals surface area contributed by atoms with Crippen molar-refractivity contribution in [3.8, 4) is 0 Å². The van der Waals surface area contributed by atoms with Crippen molar-refractivity contribution in [2.75, 3.05) is 0 Å². The fraction of sp³-hybridized carbons (Fsp3) is 0.250. The first-order chi connectivity index (χ1) is 6.60. The Balaban J connectivity index is 3.39. The third-order valence-corrected chi connectivity index (χ3v) is 2.38. The van der Waals surface area contributed by atoms with Crippen LogP contribution >= 0.6 is 27.5 Å². The summed E-state index contributed by atoms with van der Waals surface area (Å²) in [5.74, 6) is 0. The maximum absolute atomic E-state index is 12.5. The van der Waals surface area contributed by atoms with E-state index in [1.807, 2.05) is 0 Å². The second-order valence-corrected chi connectivity index (χ2v) is 3.40. The number of rotatable bonds is 3. The monoisotopic (exact) mass is 283 g/mol. The van der Waals surface area contributed by atoms with Crippen molar-refractivity contribution in [3.05, 3.63) is 28.0 Å².